The SMILES string of the molecule is O=C(Nc1ccc(-c2ccc(CN3CCN(Cc4ccncc4)CC3)cc2)cc1)c1ccccc1.O=C(O)C(F)(F)F.O=C(O)C(F)(F)F. The Balaban J connectivity index is 0.000000392. The number of pyridine rings is 1. The number of carboxylic acid groups (broad SMARTS) is 2. The molecule has 0 saturated carbocycles. The smallest absolute Gasteiger partial charge is 0.475 e. The molecule has 0 bridgehead atoms. The molecule has 3 N–H and O–H groups in total. The summed E-state index contributed by atoms with van der Waals surface area (Å²) in [6.45, 7) is 6.33. The van der Waals surface area contributed by atoms with E-state index in [0.29, 0.717) is 5.56 Å². The van der Waals surface area contributed by atoms with Gasteiger partial charge in [-0.2, -0.15) is 26.3 Å². The van der Waals surface area contributed by atoms with Gasteiger partial charge in [0, 0.05) is 62.9 Å². The van der Waals surface area contributed by atoms with Gasteiger partial charge in [-0.05, 0) is 58.7 Å². The van der Waals surface area contributed by atoms with Crippen molar-refractivity contribution in [3.63, 3.8) is 0 Å². The summed E-state index contributed by atoms with van der Waals surface area (Å²) in [5.74, 6) is -5.61. The van der Waals surface area contributed by atoms with Crippen LogP contribution < -0.4 is 5.32 Å². The maximum Gasteiger partial charge on any atom is 0.490 e. The summed E-state index contributed by atoms with van der Waals surface area (Å²) in [5.41, 5.74) is 6.43. The summed E-state index contributed by atoms with van der Waals surface area (Å²) < 4.78 is 63.5. The Morgan fingerprint density at radius 3 is 1.41 bits per heavy atom. The summed E-state index contributed by atoms with van der Waals surface area (Å²) in [6.07, 6.45) is -6.43. The zero-order chi connectivity index (χ0) is 36.0. The van der Waals surface area contributed by atoms with E-state index in [2.05, 4.69) is 68.6 Å². The van der Waals surface area contributed by atoms with Crippen molar-refractivity contribution in [1.82, 2.24) is 14.8 Å². The van der Waals surface area contributed by atoms with Crippen molar-refractivity contribution in [2.45, 2.75) is 25.4 Å². The monoisotopic (exact) mass is 690 g/mol. The van der Waals surface area contributed by atoms with Crippen LogP contribution in [0.5, 0.6) is 0 Å². The number of carboxylic acids is 2. The molecule has 3 aromatic carbocycles. The highest BCUT2D eigenvalue weighted by Crippen LogP contribution is 2.23. The molecule has 1 aromatic heterocycles. The number of hydrogen-bond acceptors (Lipinski definition) is 6. The molecule has 0 spiro atoms. The first-order valence-corrected chi connectivity index (χ1v) is 14.6. The second-order valence-corrected chi connectivity index (χ2v) is 10.6. The molecule has 5 rings (SSSR count). The number of carbonyl (C=O) groups excluding carboxylic acids is 1. The molecule has 1 fully saturated rings. The summed E-state index contributed by atoms with van der Waals surface area (Å²) in [5, 5.41) is 17.2. The van der Waals surface area contributed by atoms with Crippen LogP contribution in [0.2, 0.25) is 0 Å². The zero-order valence-corrected chi connectivity index (χ0v) is 25.8. The molecule has 4 aromatic rings. The first-order chi connectivity index (χ1) is 23.1. The maximum atomic E-state index is 12.4. The van der Waals surface area contributed by atoms with Gasteiger partial charge in [-0.3, -0.25) is 19.6 Å². The van der Waals surface area contributed by atoms with Gasteiger partial charge in [0.15, 0.2) is 0 Å². The molecular formula is C34H32F6N4O5. The van der Waals surface area contributed by atoms with E-state index < -0.39 is 24.3 Å². The maximum absolute atomic E-state index is 12.4. The minimum Gasteiger partial charge on any atom is -0.475 e. The molecule has 2 heterocycles. The van der Waals surface area contributed by atoms with Crippen LogP contribution in [-0.4, -0.2) is 81.4 Å². The minimum absolute atomic E-state index is 0.0964. The molecular weight excluding hydrogens is 658 g/mol. The van der Waals surface area contributed by atoms with Crippen LogP contribution in [0.4, 0.5) is 32.0 Å². The van der Waals surface area contributed by atoms with Crippen LogP contribution in [0.25, 0.3) is 11.1 Å². The Morgan fingerprint density at radius 1 is 0.612 bits per heavy atom. The highest BCUT2D eigenvalue weighted by atomic mass is 19.4. The fourth-order valence-corrected chi connectivity index (χ4v) is 4.45. The lowest BCUT2D eigenvalue weighted by molar-refractivity contribution is -0.193. The van der Waals surface area contributed by atoms with Gasteiger partial charge in [0.25, 0.3) is 5.91 Å². The molecule has 15 heteroatoms. The molecule has 260 valence electrons. The number of carbonyl (C=O) groups is 3. The number of nitrogens with zero attached hydrogens (tertiary/aromatic N) is 3. The zero-order valence-electron chi connectivity index (χ0n) is 25.8. The lowest BCUT2D eigenvalue weighted by atomic mass is 10.0. The second kappa shape index (κ2) is 17.8. The van der Waals surface area contributed by atoms with Crippen LogP contribution in [0.1, 0.15) is 21.5 Å². The van der Waals surface area contributed by atoms with E-state index in [1.54, 1.807) is 0 Å². The molecule has 0 unspecified atom stereocenters. The molecule has 0 radical (unpaired) electrons. The van der Waals surface area contributed by atoms with Crippen molar-refractivity contribution in [3.8, 4) is 11.1 Å². The Kier molecular flexibility index (Phi) is 13.8. The van der Waals surface area contributed by atoms with Gasteiger partial charge in [-0.15, -0.1) is 0 Å². The summed E-state index contributed by atoms with van der Waals surface area (Å²) in [7, 11) is 0. The number of hydrogen-bond donors (Lipinski definition) is 3. The minimum atomic E-state index is -5.08. The molecule has 1 saturated heterocycles. The van der Waals surface area contributed by atoms with Gasteiger partial charge in [-0.1, -0.05) is 54.6 Å². The third kappa shape index (κ3) is 13.4. The van der Waals surface area contributed by atoms with E-state index in [-0.39, 0.29) is 5.91 Å². The number of aliphatic carboxylic acids is 2. The molecule has 0 aliphatic carbocycles. The average Bonchev–Trinajstić information content (AvgIpc) is 3.07. The van der Waals surface area contributed by atoms with E-state index in [1.165, 1.54) is 16.7 Å². The number of piperazine rings is 1. The molecule has 1 amide bonds. The Morgan fingerprint density at radius 2 is 1.00 bits per heavy atom. The number of alkyl halides is 6. The molecule has 0 atom stereocenters. The fraction of sp³-hybridized carbons (Fsp3) is 0.235. The number of halogens is 6. The largest absolute Gasteiger partial charge is 0.490 e. The number of aromatic nitrogens is 1. The van der Waals surface area contributed by atoms with Gasteiger partial charge >= 0.3 is 24.3 Å². The van der Waals surface area contributed by atoms with Crippen molar-refractivity contribution in [1.29, 1.82) is 0 Å². The fourth-order valence-electron chi connectivity index (χ4n) is 4.45. The molecule has 1 aliphatic heterocycles. The topological polar surface area (TPSA) is 123 Å². The molecule has 1 aliphatic rings. The summed E-state index contributed by atoms with van der Waals surface area (Å²) >= 11 is 0. The van der Waals surface area contributed by atoms with E-state index in [9.17, 15) is 31.1 Å². The van der Waals surface area contributed by atoms with Gasteiger partial charge in [0.05, 0.1) is 0 Å². The molecule has 9 nitrogen and oxygen atoms in total. The van der Waals surface area contributed by atoms with Gasteiger partial charge in [0.1, 0.15) is 0 Å². The van der Waals surface area contributed by atoms with Crippen molar-refractivity contribution >= 4 is 23.5 Å². The first kappa shape index (κ1) is 38.2. The Bertz CT molecular complexity index is 1600. The standard InChI is InChI=1S/C30H30N4O.2C2HF3O2/c35-30(28-4-2-1-3-5-28)32-29-12-10-27(11-13-29)26-8-6-24(7-9-26)22-33-18-20-34(21-19-33)23-25-14-16-31-17-15-25;2*3-2(4,5)1(6)7/h1-17H,18-23H2,(H,32,35);2*(H,6,7). The van der Waals surface area contributed by atoms with Crippen molar-refractivity contribution in [3.05, 3.63) is 120 Å². The lowest BCUT2D eigenvalue weighted by Gasteiger charge is -2.34. The van der Waals surface area contributed by atoms with Crippen molar-refractivity contribution in [2.75, 3.05) is 31.5 Å². The van der Waals surface area contributed by atoms with E-state index in [0.717, 1.165) is 50.5 Å². The summed E-state index contributed by atoms with van der Waals surface area (Å²) in [6, 6.07) is 30.3. The van der Waals surface area contributed by atoms with Crippen LogP contribution >= 0.6 is 0 Å². The van der Waals surface area contributed by atoms with Crippen LogP contribution in [0.3, 0.4) is 0 Å². The molecule has 49 heavy (non-hydrogen) atoms. The van der Waals surface area contributed by atoms with Gasteiger partial charge in [0.2, 0.25) is 0 Å². The quantitative estimate of drug-likeness (QED) is 0.186. The third-order valence-corrected chi connectivity index (χ3v) is 6.98. The highest BCUT2D eigenvalue weighted by molar-refractivity contribution is 6.04. The number of benzene rings is 3. The second-order valence-electron chi connectivity index (χ2n) is 10.6. The van der Waals surface area contributed by atoms with E-state index >= 15 is 0 Å². The number of rotatable bonds is 7. The van der Waals surface area contributed by atoms with E-state index in [4.69, 9.17) is 19.8 Å². The van der Waals surface area contributed by atoms with Crippen LogP contribution in [-0.2, 0) is 22.7 Å². The Hall–Kier alpha value is -5.28. The normalized spacial score (nSPS) is 13.6. The van der Waals surface area contributed by atoms with Crippen LogP contribution in [0, 0.1) is 0 Å². The predicted octanol–water partition coefficient (Wildman–Crippen LogP) is 6.59. The Labute approximate surface area is 277 Å². The first-order valence-electron chi connectivity index (χ1n) is 14.6. The summed E-state index contributed by atoms with van der Waals surface area (Å²) in [4.78, 5) is 39.3. The van der Waals surface area contributed by atoms with Crippen molar-refractivity contribution in [2.24, 2.45) is 0 Å². The number of amides is 1. The average molecular weight is 691 g/mol. The van der Waals surface area contributed by atoms with Crippen molar-refractivity contribution < 1.29 is 50.9 Å². The third-order valence-electron chi connectivity index (χ3n) is 6.98. The van der Waals surface area contributed by atoms with Gasteiger partial charge < -0.3 is 15.5 Å². The predicted molar refractivity (Wildman–Crippen MR) is 168 cm³/mol. The van der Waals surface area contributed by atoms with Crippen LogP contribution in [0.15, 0.2) is 103 Å². The van der Waals surface area contributed by atoms with E-state index in [1.807, 2.05) is 54.9 Å². The lowest BCUT2D eigenvalue weighted by Crippen LogP contribution is -2.45. The highest BCUT2D eigenvalue weighted by Gasteiger charge is 2.38. The van der Waals surface area contributed by atoms with Gasteiger partial charge in [-0.25, -0.2) is 9.59 Å². The number of anilines is 1. The number of nitrogens with one attached hydrogen (secondary N) is 1.